The number of hydrogen-bond donors (Lipinski definition) is 1. The number of unbranched alkanes of at least 4 members (excludes halogenated alkanes) is 3. The van der Waals surface area contributed by atoms with Crippen molar-refractivity contribution >= 4 is 63.2 Å². The number of hydrogen-bond acceptors (Lipinski definition) is 6. The van der Waals surface area contributed by atoms with E-state index in [9.17, 15) is 14.7 Å². The summed E-state index contributed by atoms with van der Waals surface area (Å²) in [7, 11) is 0. The molecule has 1 N–H and O–H groups in total. The van der Waals surface area contributed by atoms with E-state index in [0.717, 1.165) is 31.2 Å². The van der Waals surface area contributed by atoms with Crippen LogP contribution in [0, 0.1) is 0 Å². The molecule has 8 heteroatoms. The van der Waals surface area contributed by atoms with E-state index in [0.29, 0.717) is 42.4 Å². The molecule has 3 rings (SSSR count). The number of halogens is 2. The number of thiophene rings is 2. The molecule has 0 saturated heterocycles. The van der Waals surface area contributed by atoms with E-state index in [1.165, 1.54) is 22.7 Å². The molecule has 4 nitrogen and oxygen atoms in total. The first kappa shape index (κ1) is 25.6. The largest absolute Gasteiger partial charge is 0.506 e. The summed E-state index contributed by atoms with van der Waals surface area (Å²) in [4.78, 5) is 31.1. The summed E-state index contributed by atoms with van der Waals surface area (Å²) >= 11 is 14.7. The molecule has 0 saturated carbocycles. The molecule has 0 bridgehead atoms. The molecule has 1 aromatic carbocycles. The SMILES string of the molecule is CCCCCCC(=O)c1ccc(C(=O)CN=C(C)c2csc(-c3ccc(Cl)c(Cl)c3)c2O)s1. The molecule has 33 heavy (non-hydrogen) atoms. The summed E-state index contributed by atoms with van der Waals surface area (Å²) in [5.41, 5.74) is 1.89. The van der Waals surface area contributed by atoms with Gasteiger partial charge in [-0.2, -0.15) is 0 Å². The van der Waals surface area contributed by atoms with E-state index in [1.807, 2.05) is 0 Å². The standard InChI is InChI=1S/C25H25Cl2NO3S2/c1-3-4-5-6-7-20(29)22-10-11-23(33-22)21(30)13-28-15(2)17-14-32-25(24(17)31)16-8-9-18(26)19(27)12-16/h8-12,14,31H,3-7,13H2,1-2H3. The molecule has 0 unspecified atom stereocenters. The van der Waals surface area contributed by atoms with Gasteiger partial charge >= 0.3 is 0 Å². The summed E-state index contributed by atoms with van der Waals surface area (Å²) < 4.78 is 0. The van der Waals surface area contributed by atoms with E-state index in [1.54, 1.807) is 42.6 Å². The Morgan fingerprint density at radius 1 is 1.00 bits per heavy atom. The van der Waals surface area contributed by atoms with E-state index in [2.05, 4.69) is 11.9 Å². The van der Waals surface area contributed by atoms with Crippen LogP contribution in [-0.2, 0) is 0 Å². The first-order valence-electron chi connectivity index (χ1n) is 10.7. The minimum atomic E-state index is -0.149. The van der Waals surface area contributed by atoms with Gasteiger partial charge < -0.3 is 5.11 Å². The van der Waals surface area contributed by atoms with Crippen LogP contribution in [0.1, 0.15) is 70.9 Å². The summed E-state index contributed by atoms with van der Waals surface area (Å²) in [5, 5.41) is 13.4. The number of aliphatic imine (C=N–C) groups is 1. The maximum Gasteiger partial charge on any atom is 0.194 e. The fourth-order valence-electron chi connectivity index (χ4n) is 3.28. The molecule has 174 valence electrons. The number of nitrogens with zero attached hydrogens (tertiary/aromatic N) is 1. The van der Waals surface area contributed by atoms with Gasteiger partial charge in [0.2, 0.25) is 0 Å². The second kappa shape index (κ2) is 11.9. The predicted octanol–water partition coefficient (Wildman–Crippen LogP) is 8.33. The Morgan fingerprint density at radius 3 is 2.42 bits per heavy atom. The molecule has 3 aromatic rings. The van der Waals surface area contributed by atoms with Gasteiger partial charge in [0, 0.05) is 23.1 Å². The van der Waals surface area contributed by atoms with Crippen molar-refractivity contribution in [2.24, 2.45) is 4.99 Å². The number of ketones is 2. The van der Waals surface area contributed by atoms with Crippen LogP contribution in [0.2, 0.25) is 10.0 Å². The summed E-state index contributed by atoms with van der Waals surface area (Å²) in [5.74, 6) is 0.0378. The first-order chi connectivity index (χ1) is 15.8. The smallest absolute Gasteiger partial charge is 0.194 e. The van der Waals surface area contributed by atoms with Crippen molar-refractivity contribution in [2.75, 3.05) is 6.54 Å². The maximum absolute atomic E-state index is 12.6. The molecule has 0 aliphatic rings. The molecule has 2 aromatic heterocycles. The highest BCUT2D eigenvalue weighted by Crippen LogP contribution is 2.40. The predicted molar refractivity (Wildman–Crippen MR) is 140 cm³/mol. The summed E-state index contributed by atoms with van der Waals surface area (Å²) in [6.45, 7) is 3.85. The number of rotatable bonds is 11. The molecular weight excluding hydrogens is 497 g/mol. The van der Waals surface area contributed by atoms with E-state index in [4.69, 9.17) is 23.2 Å². The highest BCUT2D eigenvalue weighted by atomic mass is 35.5. The lowest BCUT2D eigenvalue weighted by atomic mass is 10.1. The Balaban J connectivity index is 1.65. The average Bonchev–Trinajstić information content (AvgIpc) is 3.44. The number of aromatic hydroxyl groups is 1. The highest BCUT2D eigenvalue weighted by molar-refractivity contribution is 7.16. The van der Waals surface area contributed by atoms with Crippen LogP contribution >= 0.6 is 45.9 Å². The Hall–Kier alpha value is -1.99. The molecule has 0 aliphatic heterocycles. The van der Waals surface area contributed by atoms with E-state index >= 15 is 0 Å². The third kappa shape index (κ3) is 6.54. The lowest BCUT2D eigenvalue weighted by molar-refractivity contribution is 0.0981. The zero-order valence-electron chi connectivity index (χ0n) is 18.5. The number of carbonyl (C=O) groups is 2. The second-order valence-electron chi connectivity index (χ2n) is 7.68. The number of Topliss-reactive ketones (excluding diaryl/α,β-unsaturated/α-hetero) is 2. The van der Waals surface area contributed by atoms with Gasteiger partial charge in [-0.25, -0.2) is 0 Å². The monoisotopic (exact) mass is 521 g/mol. The Morgan fingerprint density at radius 2 is 1.73 bits per heavy atom. The fraction of sp³-hybridized carbons (Fsp3) is 0.320. The van der Waals surface area contributed by atoms with Gasteiger partial charge in [-0.3, -0.25) is 14.6 Å². The van der Waals surface area contributed by atoms with E-state index in [-0.39, 0.29) is 23.9 Å². The van der Waals surface area contributed by atoms with Crippen LogP contribution in [0.3, 0.4) is 0 Å². The van der Waals surface area contributed by atoms with Crippen LogP contribution in [-0.4, -0.2) is 28.9 Å². The van der Waals surface area contributed by atoms with Crippen molar-refractivity contribution < 1.29 is 14.7 Å². The molecule has 0 radical (unpaired) electrons. The van der Waals surface area contributed by atoms with E-state index < -0.39 is 0 Å². The quantitative estimate of drug-likeness (QED) is 0.156. The topological polar surface area (TPSA) is 66.7 Å². The molecule has 0 amide bonds. The number of carbonyl (C=O) groups excluding carboxylic acids is 2. The Bertz CT molecular complexity index is 1180. The second-order valence-corrected chi connectivity index (χ2v) is 10.5. The van der Waals surface area contributed by atoms with Crippen molar-refractivity contribution in [3.8, 4) is 16.2 Å². The normalized spacial score (nSPS) is 11.7. The van der Waals surface area contributed by atoms with Crippen LogP contribution < -0.4 is 0 Å². The van der Waals surface area contributed by atoms with Gasteiger partial charge in [0.15, 0.2) is 11.6 Å². The molecule has 2 heterocycles. The Labute approximate surface area is 211 Å². The molecule has 0 aliphatic carbocycles. The minimum Gasteiger partial charge on any atom is -0.506 e. The zero-order chi connectivity index (χ0) is 24.0. The van der Waals surface area contributed by atoms with Crippen LogP contribution in [0.25, 0.3) is 10.4 Å². The molecule has 0 spiro atoms. The summed E-state index contributed by atoms with van der Waals surface area (Å²) in [6, 6.07) is 8.60. The zero-order valence-corrected chi connectivity index (χ0v) is 21.6. The molecule has 0 atom stereocenters. The van der Waals surface area contributed by atoms with Crippen LogP contribution in [0.15, 0.2) is 40.7 Å². The van der Waals surface area contributed by atoms with Crippen LogP contribution in [0.4, 0.5) is 0 Å². The lowest BCUT2D eigenvalue weighted by Crippen LogP contribution is -2.04. The highest BCUT2D eigenvalue weighted by Gasteiger charge is 2.17. The van der Waals surface area contributed by atoms with Crippen molar-refractivity contribution in [3.63, 3.8) is 0 Å². The van der Waals surface area contributed by atoms with Gasteiger partial charge in [0.1, 0.15) is 12.3 Å². The van der Waals surface area contributed by atoms with Crippen molar-refractivity contribution in [1.29, 1.82) is 0 Å². The van der Waals surface area contributed by atoms with Crippen molar-refractivity contribution in [1.82, 2.24) is 0 Å². The third-order valence-electron chi connectivity index (χ3n) is 5.21. The number of benzene rings is 1. The summed E-state index contributed by atoms with van der Waals surface area (Å²) in [6.07, 6.45) is 4.71. The maximum atomic E-state index is 12.6. The van der Waals surface area contributed by atoms with Gasteiger partial charge in [0.25, 0.3) is 0 Å². The molecule has 0 fully saturated rings. The third-order valence-corrected chi connectivity index (χ3v) is 8.13. The van der Waals surface area contributed by atoms with Gasteiger partial charge in [0.05, 0.1) is 24.7 Å². The lowest BCUT2D eigenvalue weighted by Gasteiger charge is -2.03. The molecular formula is C25H25Cl2NO3S2. The fourth-order valence-corrected chi connectivity index (χ4v) is 5.48. The van der Waals surface area contributed by atoms with Gasteiger partial charge in [-0.05, 0) is 43.2 Å². The first-order valence-corrected chi connectivity index (χ1v) is 13.2. The minimum absolute atomic E-state index is 0.0477. The van der Waals surface area contributed by atoms with Gasteiger partial charge in [-0.1, -0.05) is 55.5 Å². The Kier molecular flexibility index (Phi) is 9.27. The van der Waals surface area contributed by atoms with Crippen molar-refractivity contribution in [3.05, 3.63) is 61.1 Å². The van der Waals surface area contributed by atoms with Crippen molar-refractivity contribution in [2.45, 2.75) is 46.0 Å². The average molecular weight is 523 g/mol. The van der Waals surface area contributed by atoms with Gasteiger partial charge in [-0.15, -0.1) is 22.7 Å². The van der Waals surface area contributed by atoms with Crippen LogP contribution in [0.5, 0.6) is 5.75 Å².